The molecule has 6 aromatic rings. The topological polar surface area (TPSA) is 197 Å². The molecule has 47 heavy (non-hydrogen) atoms. The number of rotatable bonds is 0. The van der Waals surface area contributed by atoms with Gasteiger partial charge in [0.05, 0.1) is 24.1 Å². The first-order valence-electron chi connectivity index (χ1n) is 14.7. The lowest BCUT2D eigenvalue weighted by atomic mass is 10.4. The minimum Gasteiger partial charge on any atom is -0.335 e. The van der Waals surface area contributed by atoms with E-state index in [1.54, 1.807) is 35.2 Å². The molecule has 0 radical (unpaired) electrons. The van der Waals surface area contributed by atoms with Gasteiger partial charge in [-0.05, 0) is 91.8 Å². The molecule has 6 heterocycles. The summed E-state index contributed by atoms with van der Waals surface area (Å²) in [4.78, 5) is 11.3. The normalized spacial score (nSPS) is 9.81. The van der Waals surface area contributed by atoms with Crippen LogP contribution in [0.4, 0.5) is 0 Å². The Hall–Kier alpha value is -5.23. The summed E-state index contributed by atoms with van der Waals surface area (Å²) in [7, 11) is 11.2. The van der Waals surface area contributed by atoms with Crippen molar-refractivity contribution in [2.75, 3.05) is 0 Å². The fourth-order valence-corrected chi connectivity index (χ4v) is 3.27. The van der Waals surface area contributed by atoms with Crippen molar-refractivity contribution in [3.63, 3.8) is 0 Å². The van der Waals surface area contributed by atoms with E-state index in [0.717, 1.165) is 52.0 Å². The number of aryl methyl sites for hydroxylation is 14. The van der Waals surface area contributed by atoms with Gasteiger partial charge in [-0.2, -0.15) is 24.9 Å². The second kappa shape index (κ2) is 18.7. The molecule has 0 aliphatic rings. The lowest BCUT2D eigenvalue weighted by Crippen LogP contribution is -1.92. The highest BCUT2D eigenvalue weighted by molar-refractivity contribution is 5.12. The summed E-state index contributed by atoms with van der Waals surface area (Å²) in [6.07, 6.45) is 0. The van der Waals surface area contributed by atoms with Gasteiger partial charge in [-0.3, -0.25) is 4.68 Å². The summed E-state index contributed by atoms with van der Waals surface area (Å²) in [6, 6.07) is 0. The van der Waals surface area contributed by atoms with Gasteiger partial charge in [0.15, 0.2) is 5.82 Å². The molecule has 0 aliphatic carbocycles. The van der Waals surface area contributed by atoms with Crippen LogP contribution < -0.4 is 0 Å². The third kappa shape index (κ3) is 13.7. The van der Waals surface area contributed by atoms with E-state index in [1.807, 2.05) is 95.1 Å². The standard InChI is InChI=1S/C7H12N2.3C5H9N3.2C3H6N4/c1-5-6(2)9(4)7(3)8-5;1-4-6-7-5(2)8(4)3;1-4-6-5(2)8(3)7-4;1-4-5(2)7-8(3)6-4;1-3-4-5-6-7(3)2;1-3-4-6-7(2)5-3/h1-4H3;3*1-3H3;2*1-2H3. The van der Waals surface area contributed by atoms with Crippen molar-refractivity contribution in [2.45, 2.75) is 76.2 Å². The van der Waals surface area contributed by atoms with Crippen molar-refractivity contribution in [1.82, 2.24) is 94.5 Å². The van der Waals surface area contributed by atoms with Gasteiger partial charge in [-0.1, -0.05) is 0 Å². The van der Waals surface area contributed by atoms with Crippen LogP contribution >= 0.6 is 0 Å². The molecule has 6 aromatic heterocycles. The van der Waals surface area contributed by atoms with Crippen molar-refractivity contribution in [3.8, 4) is 0 Å². The lowest BCUT2D eigenvalue weighted by Gasteiger charge is -1.94. The highest BCUT2D eigenvalue weighted by Gasteiger charge is 2.01. The number of hydrogen-bond donors (Lipinski definition) is 0. The summed E-state index contributed by atoms with van der Waals surface area (Å²) < 4.78 is 7.41. The van der Waals surface area contributed by atoms with Gasteiger partial charge in [0.2, 0.25) is 0 Å². The predicted molar refractivity (Wildman–Crippen MR) is 176 cm³/mol. The molecule has 19 nitrogen and oxygen atoms in total. The van der Waals surface area contributed by atoms with Crippen LogP contribution in [-0.2, 0) is 42.3 Å². The van der Waals surface area contributed by atoms with Crippen molar-refractivity contribution >= 4 is 0 Å². The van der Waals surface area contributed by atoms with Gasteiger partial charge >= 0.3 is 0 Å². The molecule has 0 atom stereocenters. The molecule has 0 aliphatic heterocycles. The van der Waals surface area contributed by atoms with Crippen molar-refractivity contribution in [3.05, 3.63) is 63.5 Å². The van der Waals surface area contributed by atoms with Crippen LogP contribution in [0.2, 0.25) is 0 Å². The molecular formula is C28H51N19. The first-order chi connectivity index (χ1) is 21.8. The molecule has 0 saturated heterocycles. The van der Waals surface area contributed by atoms with E-state index in [9.17, 15) is 0 Å². The molecule has 0 N–H and O–H groups in total. The summed E-state index contributed by atoms with van der Waals surface area (Å²) in [5.74, 6) is 6.35. The molecule has 0 aromatic carbocycles. The van der Waals surface area contributed by atoms with Gasteiger partial charge in [0.1, 0.15) is 34.9 Å². The van der Waals surface area contributed by atoms with E-state index in [4.69, 9.17) is 0 Å². The van der Waals surface area contributed by atoms with Gasteiger partial charge in [-0.15, -0.1) is 25.5 Å². The first-order valence-corrected chi connectivity index (χ1v) is 14.7. The van der Waals surface area contributed by atoms with Gasteiger partial charge < -0.3 is 9.13 Å². The second-order valence-electron chi connectivity index (χ2n) is 10.6. The number of imidazole rings is 1. The molecule has 0 bridgehead atoms. The predicted octanol–water partition coefficient (Wildman–Crippen LogP) is 1.68. The number of aromatic nitrogens is 19. The maximum atomic E-state index is 4.27. The van der Waals surface area contributed by atoms with Crippen LogP contribution in [-0.4, -0.2) is 94.5 Å². The largest absolute Gasteiger partial charge is 0.335 e. The zero-order valence-corrected chi connectivity index (χ0v) is 31.0. The molecule has 0 amide bonds. The summed E-state index contributed by atoms with van der Waals surface area (Å²) in [5, 5.41) is 41.3. The Bertz CT molecular complexity index is 1620. The highest BCUT2D eigenvalue weighted by Crippen LogP contribution is 2.05. The fourth-order valence-electron chi connectivity index (χ4n) is 3.27. The van der Waals surface area contributed by atoms with E-state index >= 15 is 0 Å². The molecule has 258 valence electrons. The van der Waals surface area contributed by atoms with Gasteiger partial charge in [0.25, 0.3) is 0 Å². The van der Waals surface area contributed by atoms with Gasteiger partial charge in [0, 0.05) is 40.9 Å². The molecule has 0 unspecified atom stereocenters. The van der Waals surface area contributed by atoms with E-state index < -0.39 is 0 Å². The minimum atomic E-state index is 0.711. The van der Waals surface area contributed by atoms with Crippen LogP contribution in [0.3, 0.4) is 0 Å². The average Bonchev–Trinajstić information content (AvgIpc) is 3.82. The van der Waals surface area contributed by atoms with Crippen LogP contribution in [0.25, 0.3) is 0 Å². The number of tetrazole rings is 2. The minimum absolute atomic E-state index is 0.711. The van der Waals surface area contributed by atoms with E-state index in [1.165, 1.54) is 10.5 Å². The fraction of sp³-hybridized carbons (Fsp3) is 0.607. The molecular weight excluding hydrogens is 602 g/mol. The Morgan fingerprint density at radius 3 is 1.06 bits per heavy atom. The monoisotopic (exact) mass is 653 g/mol. The Labute approximate surface area is 276 Å². The third-order valence-electron chi connectivity index (χ3n) is 6.79. The van der Waals surface area contributed by atoms with Crippen LogP contribution in [0.5, 0.6) is 0 Å². The van der Waals surface area contributed by atoms with Crippen LogP contribution in [0.1, 0.15) is 63.5 Å². The Morgan fingerprint density at radius 2 is 0.936 bits per heavy atom. The number of hydrogen-bond acceptors (Lipinski definition) is 13. The Kier molecular flexibility index (Phi) is 15.8. The van der Waals surface area contributed by atoms with Crippen molar-refractivity contribution in [1.29, 1.82) is 0 Å². The Morgan fingerprint density at radius 1 is 0.383 bits per heavy atom. The van der Waals surface area contributed by atoms with Crippen LogP contribution in [0, 0.1) is 76.2 Å². The maximum absolute atomic E-state index is 4.27. The molecule has 0 spiro atoms. The van der Waals surface area contributed by atoms with Crippen LogP contribution in [0.15, 0.2) is 0 Å². The second-order valence-corrected chi connectivity index (χ2v) is 10.6. The molecule has 19 heteroatoms. The highest BCUT2D eigenvalue weighted by atomic mass is 15.6. The maximum Gasteiger partial charge on any atom is 0.171 e. The third-order valence-corrected chi connectivity index (χ3v) is 6.79. The quantitative estimate of drug-likeness (QED) is 0.230. The Balaban J connectivity index is 0.000000283. The summed E-state index contributed by atoms with van der Waals surface area (Å²) in [6.45, 7) is 21.3. The molecule has 0 fully saturated rings. The van der Waals surface area contributed by atoms with E-state index in [0.29, 0.717) is 5.82 Å². The first kappa shape index (κ1) is 39.8. The SMILES string of the molecule is Cc1nc(C)n(C)c1C.Cc1nc(C)n(C)n1.Cc1nn(C)nc1C.Cc1nnc(C)n1C.Cc1nnn(C)n1.Cc1nnnn1C. The van der Waals surface area contributed by atoms with Crippen molar-refractivity contribution in [2.24, 2.45) is 42.3 Å². The van der Waals surface area contributed by atoms with E-state index in [2.05, 4.69) is 77.9 Å². The smallest absolute Gasteiger partial charge is 0.171 e. The lowest BCUT2D eigenvalue weighted by molar-refractivity contribution is 0.629. The summed E-state index contributed by atoms with van der Waals surface area (Å²) >= 11 is 0. The average molecular weight is 654 g/mol. The van der Waals surface area contributed by atoms with E-state index in [-0.39, 0.29) is 0 Å². The summed E-state index contributed by atoms with van der Waals surface area (Å²) in [5.41, 5.74) is 4.41. The number of nitrogens with zero attached hydrogens (tertiary/aromatic N) is 19. The van der Waals surface area contributed by atoms with Gasteiger partial charge in [-0.25, -0.2) is 14.6 Å². The zero-order valence-electron chi connectivity index (χ0n) is 31.0. The molecule has 0 saturated carbocycles. The molecule has 6 rings (SSSR count). The van der Waals surface area contributed by atoms with Crippen molar-refractivity contribution < 1.29 is 0 Å². The zero-order chi connectivity index (χ0) is 36.0.